The van der Waals surface area contributed by atoms with E-state index < -0.39 is 35.4 Å². The minimum atomic E-state index is -3.94. The maximum atomic E-state index is 12.1. The van der Waals surface area contributed by atoms with Gasteiger partial charge >= 0.3 is 0 Å². The molecule has 0 aliphatic rings. The van der Waals surface area contributed by atoms with Gasteiger partial charge in [0.05, 0.1) is 11.5 Å². The molecule has 0 N–H and O–H groups in total. The second kappa shape index (κ2) is 6.67. The van der Waals surface area contributed by atoms with Crippen molar-refractivity contribution in [1.29, 1.82) is 0 Å². The standard InChI is InChI=1S/C14H16O4S2/c1-3-10-19(15,16)14(20(17,18)11-4-2)12-13-8-6-5-7-9-13/h3-9,12H,1-2,10-11H2. The Hall–Kier alpha value is -1.66. The SMILES string of the molecule is C=CCS(=O)(=O)C(=Cc1ccccc1)S(=O)(=O)CC=C. The molecule has 0 saturated heterocycles. The summed E-state index contributed by atoms with van der Waals surface area (Å²) >= 11 is 0. The second-order valence-corrected chi connectivity index (χ2v) is 8.28. The predicted octanol–water partition coefficient (Wildman–Crippen LogP) is 2.19. The van der Waals surface area contributed by atoms with Gasteiger partial charge in [0.25, 0.3) is 0 Å². The zero-order valence-corrected chi connectivity index (χ0v) is 12.5. The van der Waals surface area contributed by atoms with E-state index in [1.165, 1.54) is 0 Å². The van der Waals surface area contributed by atoms with Gasteiger partial charge in [0.2, 0.25) is 0 Å². The van der Waals surface area contributed by atoms with Gasteiger partial charge in [0, 0.05) is 0 Å². The first-order valence-electron chi connectivity index (χ1n) is 5.77. The monoisotopic (exact) mass is 312 g/mol. The Kier molecular flexibility index (Phi) is 5.47. The van der Waals surface area contributed by atoms with Crippen LogP contribution in [0.15, 0.2) is 59.9 Å². The van der Waals surface area contributed by atoms with Crippen LogP contribution in [0.5, 0.6) is 0 Å². The van der Waals surface area contributed by atoms with Gasteiger partial charge in [-0.05, 0) is 11.6 Å². The maximum absolute atomic E-state index is 12.1. The van der Waals surface area contributed by atoms with Gasteiger partial charge in [-0.1, -0.05) is 42.5 Å². The fourth-order valence-electron chi connectivity index (χ4n) is 1.53. The van der Waals surface area contributed by atoms with Crippen molar-refractivity contribution < 1.29 is 16.8 Å². The largest absolute Gasteiger partial charge is 0.223 e. The van der Waals surface area contributed by atoms with Crippen LogP contribution in [0, 0.1) is 0 Å². The summed E-state index contributed by atoms with van der Waals surface area (Å²) in [7, 11) is -7.89. The Morgan fingerprint density at radius 2 is 1.35 bits per heavy atom. The highest BCUT2D eigenvalue weighted by Crippen LogP contribution is 2.21. The van der Waals surface area contributed by atoms with E-state index in [2.05, 4.69) is 13.2 Å². The lowest BCUT2D eigenvalue weighted by atomic mass is 10.2. The fraction of sp³-hybridized carbons (Fsp3) is 0.143. The van der Waals surface area contributed by atoms with Crippen molar-refractivity contribution in [2.75, 3.05) is 11.5 Å². The van der Waals surface area contributed by atoms with E-state index in [9.17, 15) is 16.8 Å². The van der Waals surface area contributed by atoms with Gasteiger partial charge in [-0.15, -0.1) is 13.2 Å². The lowest BCUT2D eigenvalue weighted by Gasteiger charge is -2.08. The van der Waals surface area contributed by atoms with E-state index in [0.717, 1.165) is 18.2 Å². The smallest absolute Gasteiger partial charge is 0.192 e. The van der Waals surface area contributed by atoms with Crippen molar-refractivity contribution in [2.24, 2.45) is 0 Å². The molecule has 0 fully saturated rings. The Balaban J connectivity index is 3.48. The van der Waals surface area contributed by atoms with Crippen LogP contribution in [0.1, 0.15) is 5.56 Å². The zero-order valence-electron chi connectivity index (χ0n) is 10.9. The molecule has 0 unspecified atom stereocenters. The van der Waals surface area contributed by atoms with Gasteiger partial charge < -0.3 is 0 Å². The molecule has 0 aliphatic carbocycles. The number of benzene rings is 1. The van der Waals surface area contributed by atoms with E-state index in [-0.39, 0.29) is 0 Å². The highest BCUT2D eigenvalue weighted by Gasteiger charge is 2.28. The van der Waals surface area contributed by atoms with E-state index in [0.29, 0.717) is 5.56 Å². The summed E-state index contributed by atoms with van der Waals surface area (Å²) in [6.07, 6.45) is 3.49. The molecule has 0 bridgehead atoms. The number of hydrogen-bond acceptors (Lipinski definition) is 4. The molecule has 0 spiro atoms. The normalized spacial score (nSPS) is 11.6. The van der Waals surface area contributed by atoms with Crippen molar-refractivity contribution >= 4 is 25.8 Å². The van der Waals surface area contributed by atoms with Crippen LogP contribution in [0.2, 0.25) is 0 Å². The van der Waals surface area contributed by atoms with Crippen LogP contribution >= 0.6 is 0 Å². The van der Waals surface area contributed by atoms with Gasteiger partial charge in [0.1, 0.15) is 0 Å². The summed E-state index contributed by atoms with van der Waals surface area (Å²) in [6, 6.07) is 8.42. The Bertz CT molecular complexity index is 670. The molecule has 0 heterocycles. The van der Waals surface area contributed by atoms with Crippen LogP contribution in [-0.2, 0) is 19.7 Å². The molecule has 6 heteroatoms. The molecule has 0 radical (unpaired) electrons. The first-order chi connectivity index (χ1) is 9.33. The van der Waals surface area contributed by atoms with Crippen molar-refractivity contribution in [2.45, 2.75) is 0 Å². The summed E-state index contributed by atoms with van der Waals surface area (Å²) < 4.78 is 47.8. The van der Waals surface area contributed by atoms with Crippen LogP contribution in [0.3, 0.4) is 0 Å². The van der Waals surface area contributed by atoms with Gasteiger partial charge in [-0.25, -0.2) is 16.8 Å². The van der Waals surface area contributed by atoms with Crippen molar-refractivity contribution in [3.63, 3.8) is 0 Å². The molecule has 0 saturated carbocycles. The minimum Gasteiger partial charge on any atom is -0.223 e. The average molecular weight is 312 g/mol. The predicted molar refractivity (Wildman–Crippen MR) is 82.4 cm³/mol. The summed E-state index contributed by atoms with van der Waals surface area (Å²) in [5.41, 5.74) is 0.503. The minimum absolute atomic E-state index is 0.429. The molecule has 1 aromatic carbocycles. The lowest BCUT2D eigenvalue weighted by molar-refractivity contribution is 0.598. The highest BCUT2D eigenvalue weighted by molar-refractivity contribution is 8.14. The molecular formula is C14H16O4S2. The van der Waals surface area contributed by atoms with E-state index in [1.807, 2.05) is 0 Å². The molecular weight excluding hydrogens is 296 g/mol. The molecule has 0 aliphatic heterocycles. The molecule has 0 atom stereocenters. The molecule has 0 amide bonds. The van der Waals surface area contributed by atoms with E-state index in [4.69, 9.17) is 0 Å². The third-order valence-corrected chi connectivity index (χ3v) is 6.71. The van der Waals surface area contributed by atoms with Crippen LogP contribution in [-0.4, -0.2) is 28.3 Å². The number of rotatable bonds is 7. The van der Waals surface area contributed by atoms with Gasteiger partial charge in [-0.2, -0.15) is 0 Å². The second-order valence-electron chi connectivity index (χ2n) is 4.01. The average Bonchev–Trinajstić information content (AvgIpc) is 2.36. The Morgan fingerprint density at radius 1 is 0.900 bits per heavy atom. The third kappa shape index (κ3) is 4.18. The Labute approximate surface area is 120 Å². The van der Waals surface area contributed by atoms with Crippen LogP contribution in [0.4, 0.5) is 0 Å². The number of sulfone groups is 2. The first-order valence-corrected chi connectivity index (χ1v) is 9.08. The topological polar surface area (TPSA) is 68.3 Å². The lowest BCUT2D eigenvalue weighted by Crippen LogP contribution is -2.18. The first kappa shape index (κ1) is 16.4. The van der Waals surface area contributed by atoms with E-state index >= 15 is 0 Å². The molecule has 0 aromatic heterocycles. The van der Waals surface area contributed by atoms with Crippen molar-refractivity contribution in [1.82, 2.24) is 0 Å². The zero-order chi connectivity index (χ0) is 15.2. The molecule has 1 rings (SSSR count). The van der Waals surface area contributed by atoms with Crippen molar-refractivity contribution in [3.05, 3.63) is 65.4 Å². The van der Waals surface area contributed by atoms with Crippen LogP contribution < -0.4 is 0 Å². The quantitative estimate of drug-likeness (QED) is 0.724. The fourth-order valence-corrected chi connectivity index (χ4v) is 5.07. The summed E-state index contributed by atoms with van der Waals surface area (Å²) in [4.78, 5) is 0. The molecule has 20 heavy (non-hydrogen) atoms. The van der Waals surface area contributed by atoms with Gasteiger partial charge in [-0.3, -0.25) is 0 Å². The van der Waals surface area contributed by atoms with Crippen molar-refractivity contribution in [3.8, 4) is 0 Å². The van der Waals surface area contributed by atoms with Gasteiger partial charge in [0.15, 0.2) is 23.9 Å². The molecule has 1 aromatic rings. The molecule has 4 nitrogen and oxygen atoms in total. The number of hydrogen-bond donors (Lipinski definition) is 0. The summed E-state index contributed by atoms with van der Waals surface area (Å²) in [6.45, 7) is 6.68. The third-order valence-electron chi connectivity index (χ3n) is 2.37. The summed E-state index contributed by atoms with van der Waals surface area (Å²) in [5, 5.41) is 0. The highest BCUT2D eigenvalue weighted by atomic mass is 32.3. The Morgan fingerprint density at radius 3 is 1.75 bits per heavy atom. The maximum Gasteiger partial charge on any atom is 0.192 e. The molecule has 108 valence electrons. The van der Waals surface area contributed by atoms with Crippen LogP contribution in [0.25, 0.3) is 6.08 Å². The summed E-state index contributed by atoms with van der Waals surface area (Å²) in [5.74, 6) is -0.857. The van der Waals surface area contributed by atoms with E-state index in [1.54, 1.807) is 30.3 Å².